The van der Waals surface area contributed by atoms with Gasteiger partial charge in [-0.3, -0.25) is 18.7 Å². The van der Waals surface area contributed by atoms with Gasteiger partial charge in [-0.2, -0.15) is 0 Å². The lowest BCUT2D eigenvalue weighted by molar-refractivity contribution is -0.135. The Morgan fingerprint density at radius 2 is 1.73 bits per heavy atom. The van der Waals surface area contributed by atoms with Gasteiger partial charge in [0, 0.05) is 12.6 Å². The van der Waals surface area contributed by atoms with Crippen molar-refractivity contribution in [3.05, 3.63) is 80.5 Å². The van der Waals surface area contributed by atoms with Crippen LogP contribution in [0, 0.1) is 0 Å². The Morgan fingerprint density at radius 3 is 2.50 bits per heavy atom. The summed E-state index contributed by atoms with van der Waals surface area (Å²) in [5.41, 5.74) is 2.34. The molecule has 2 aliphatic rings. The smallest absolute Gasteiger partial charge is 0.331 e. The zero-order valence-electron chi connectivity index (χ0n) is 17.1. The van der Waals surface area contributed by atoms with Gasteiger partial charge in [0.15, 0.2) is 0 Å². The highest BCUT2D eigenvalue weighted by Gasteiger charge is 2.40. The molecular weight excluding hydrogens is 378 g/mol. The molecule has 3 aromatic rings. The van der Waals surface area contributed by atoms with Crippen molar-refractivity contribution in [3.63, 3.8) is 0 Å². The normalized spacial score (nSPS) is 17.8. The summed E-state index contributed by atoms with van der Waals surface area (Å²) in [7, 11) is 0. The standard InChI is InChI=1S/C24H25N3O3/c1-2-25-23(29)19-9-5-6-10-20(19)26(24(25)30)15-22(28)27(17-12-13-17)21-14-11-16-7-3-4-8-18(16)21/h3-10,17,21H,2,11-15H2,1H3. The van der Waals surface area contributed by atoms with E-state index in [4.69, 9.17) is 0 Å². The molecule has 2 aliphatic carbocycles. The number of carbonyl (C=O) groups is 1. The molecule has 1 atom stereocenters. The van der Waals surface area contributed by atoms with Crippen LogP contribution in [0.1, 0.15) is 43.4 Å². The number of aromatic nitrogens is 2. The average molecular weight is 403 g/mol. The molecule has 154 valence electrons. The Labute approximate surface area is 174 Å². The molecule has 1 heterocycles. The number of nitrogens with zero attached hydrogens (tertiary/aromatic N) is 3. The highest BCUT2D eigenvalue weighted by atomic mass is 16.2. The predicted octanol–water partition coefficient (Wildman–Crippen LogP) is 2.86. The van der Waals surface area contributed by atoms with E-state index in [1.54, 1.807) is 31.2 Å². The molecule has 0 bridgehead atoms. The summed E-state index contributed by atoms with van der Waals surface area (Å²) >= 11 is 0. The van der Waals surface area contributed by atoms with E-state index >= 15 is 0 Å². The third-order valence-electron chi connectivity index (χ3n) is 6.41. The average Bonchev–Trinajstić information content (AvgIpc) is 3.51. The second-order valence-corrected chi connectivity index (χ2v) is 8.22. The number of hydrogen-bond donors (Lipinski definition) is 0. The number of hydrogen-bond acceptors (Lipinski definition) is 3. The summed E-state index contributed by atoms with van der Waals surface area (Å²) in [5, 5.41) is 0.468. The van der Waals surface area contributed by atoms with E-state index in [9.17, 15) is 14.4 Å². The summed E-state index contributed by atoms with van der Waals surface area (Å²) in [5.74, 6) is -0.0484. The lowest BCUT2D eigenvalue weighted by Gasteiger charge is -2.30. The molecule has 1 saturated carbocycles. The van der Waals surface area contributed by atoms with Crippen LogP contribution < -0.4 is 11.2 Å². The first-order valence-electron chi connectivity index (χ1n) is 10.7. The molecule has 1 amide bonds. The summed E-state index contributed by atoms with van der Waals surface area (Å²) in [6.07, 6.45) is 3.91. The third kappa shape index (κ3) is 2.98. The maximum absolute atomic E-state index is 13.6. The molecular formula is C24H25N3O3. The summed E-state index contributed by atoms with van der Waals surface area (Å²) < 4.78 is 2.68. The van der Waals surface area contributed by atoms with Crippen LogP contribution in [-0.2, 0) is 24.3 Å². The Bertz CT molecular complexity index is 1250. The van der Waals surface area contributed by atoms with E-state index in [-0.39, 0.29) is 36.6 Å². The largest absolute Gasteiger partial charge is 0.331 e. The number of carbonyl (C=O) groups excluding carboxylic acids is 1. The Morgan fingerprint density at radius 1 is 1.00 bits per heavy atom. The molecule has 2 aromatic carbocycles. The highest BCUT2D eigenvalue weighted by molar-refractivity contribution is 5.82. The molecule has 0 aliphatic heterocycles. The van der Waals surface area contributed by atoms with Crippen LogP contribution in [0.2, 0.25) is 0 Å². The minimum Gasteiger partial charge on any atom is -0.331 e. The summed E-state index contributed by atoms with van der Waals surface area (Å²) in [4.78, 5) is 41.3. The number of fused-ring (bicyclic) bond motifs is 2. The number of aryl methyl sites for hydroxylation is 1. The van der Waals surface area contributed by atoms with Gasteiger partial charge in [0.2, 0.25) is 5.91 Å². The van der Waals surface area contributed by atoms with Crippen molar-refractivity contribution in [1.82, 2.24) is 14.0 Å². The van der Waals surface area contributed by atoms with Crippen LogP contribution in [0.15, 0.2) is 58.1 Å². The van der Waals surface area contributed by atoms with Crippen molar-refractivity contribution in [2.45, 2.75) is 57.8 Å². The molecule has 0 N–H and O–H groups in total. The molecule has 1 fully saturated rings. The van der Waals surface area contributed by atoms with Gasteiger partial charge in [-0.05, 0) is 55.9 Å². The van der Waals surface area contributed by atoms with Crippen LogP contribution in [0.5, 0.6) is 0 Å². The molecule has 6 heteroatoms. The number of para-hydroxylation sites is 1. The minimum atomic E-state index is -0.419. The molecule has 0 radical (unpaired) electrons. The predicted molar refractivity (Wildman–Crippen MR) is 116 cm³/mol. The third-order valence-corrected chi connectivity index (χ3v) is 6.41. The van der Waals surface area contributed by atoms with E-state index in [0.29, 0.717) is 10.9 Å². The lowest BCUT2D eigenvalue weighted by atomic mass is 10.1. The fraction of sp³-hybridized carbons (Fsp3) is 0.375. The molecule has 1 aromatic heterocycles. The van der Waals surface area contributed by atoms with Crippen LogP contribution in [0.3, 0.4) is 0 Å². The van der Waals surface area contributed by atoms with Crippen molar-refractivity contribution in [2.24, 2.45) is 0 Å². The van der Waals surface area contributed by atoms with Gasteiger partial charge in [-0.1, -0.05) is 36.4 Å². The molecule has 0 saturated heterocycles. The van der Waals surface area contributed by atoms with Gasteiger partial charge in [-0.25, -0.2) is 4.79 Å². The van der Waals surface area contributed by atoms with Crippen LogP contribution >= 0.6 is 0 Å². The van der Waals surface area contributed by atoms with E-state index in [1.165, 1.54) is 20.3 Å². The van der Waals surface area contributed by atoms with Gasteiger partial charge < -0.3 is 4.90 Å². The van der Waals surface area contributed by atoms with Gasteiger partial charge in [0.05, 0.1) is 16.9 Å². The second-order valence-electron chi connectivity index (χ2n) is 8.22. The fourth-order valence-corrected chi connectivity index (χ4v) is 4.83. The summed E-state index contributed by atoms with van der Waals surface area (Å²) in [6.45, 7) is 2.00. The number of benzene rings is 2. The molecule has 1 unspecified atom stereocenters. The lowest BCUT2D eigenvalue weighted by Crippen LogP contribution is -2.44. The zero-order chi connectivity index (χ0) is 20.8. The van der Waals surface area contributed by atoms with Gasteiger partial charge in [0.25, 0.3) is 5.56 Å². The first kappa shape index (κ1) is 18.9. The number of rotatable bonds is 5. The fourth-order valence-electron chi connectivity index (χ4n) is 4.83. The molecule has 5 rings (SSSR count). The molecule has 0 spiro atoms. The van der Waals surface area contributed by atoms with Gasteiger partial charge >= 0.3 is 5.69 Å². The SMILES string of the molecule is CCn1c(=O)c2ccccc2n(CC(=O)N(C2CC2)C2CCc3ccccc32)c1=O. The molecule has 6 nitrogen and oxygen atoms in total. The Balaban J connectivity index is 1.56. The maximum Gasteiger partial charge on any atom is 0.331 e. The zero-order valence-corrected chi connectivity index (χ0v) is 17.1. The number of amides is 1. The quantitative estimate of drug-likeness (QED) is 0.658. The monoisotopic (exact) mass is 403 g/mol. The first-order valence-corrected chi connectivity index (χ1v) is 10.7. The van der Waals surface area contributed by atoms with Crippen LogP contribution in [0.4, 0.5) is 0 Å². The van der Waals surface area contributed by atoms with E-state index in [0.717, 1.165) is 25.7 Å². The summed E-state index contributed by atoms with van der Waals surface area (Å²) in [6, 6.07) is 15.7. The highest BCUT2D eigenvalue weighted by Crippen LogP contribution is 2.41. The first-order chi connectivity index (χ1) is 14.6. The van der Waals surface area contributed by atoms with E-state index in [2.05, 4.69) is 12.1 Å². The van der Waals surface area contributed by atoms with Gasteiger partial charge in [0.1, 0.15) is 6.54 Å². The van der Waals surface area contributed by atoms with Crippen molar-refractivity contribution < 1.29 is 4.79 Å². The molecule has 30 heavy (non-hydrogen) atoms. The van der Waals surface area contributed by atoms with Crippen molar-refractivity contribution in [1.29, 1.82) is 0 Å². The van der Waals surface area contributed by atoms with Crippen LogP contribution in [0.25, 0.3) is 10.9 Å². The van der Waals surface area contributed by atoms with Crippen molar-refractivity contribution in [2.75, 3.05) is 0 Å². The second kappa shape index (κ2) is 7.27. The topological polar surface area (TPSA) is 64.3 Å². The Hall–Kier alpha value is -3.15. The maximum atomic E-state index is 13.6. The van der Waals surface area contributed by atoms with E-state index in [1.807, 2.05) is 17.0 Å². The van der Waals surface area contributed by atoms with Crippen molar-refractivity contribution >= 4 is 16.8 Å². The van der Waals surface area contributed by atoms with E-state index < -0.39 is 5.69 Å². The van der Waals surface area contributed by atoms with Crippen molar-refractivity contribution in [3.8, 4) is 0 Å². The van der Waals surface area contributed by atoms with Gasteiger partial charge in [-0.15, -0.1) is 0 Å². The minimum absolute atomic E-state index is 0.0468. The van der Waals surface area contributed by atoms with Crippen LogP contribution in [-0.4, -0.2) is 26.0 Å². The Kier molecular flexibility index (Phi) is 4.57.